The molecule has 0 spiro atoms. The maximum atomic E-state index is 12.8. The average Bonchev–Trinajstić information content (AvgIpc) is 3.13. The molecular weight excluding hydrogens is 354 g/mol. The van der Waals surface area contributed by atoms with Crippen LogP contribution in [0.4, 0.5) is 0 Å². The molecule has 2 aromatic rings. The Morgan fingerprint density at radius 2 is 1.74 bits per heavy atom. The Morgan fingerprint density at radius 1 is 1.07 bits per heavy atom. The van der Waals surface area contributed by atoms with Crippen LogP contribution in [-0.4, -0.2) is 11.9 Å². The van der Waals surface area contributed by atoms with Crippen LogP contribution in [-0.2, 0) is 6.61 Å². The molecule has 0 saturated heterocycles. The number of amides is 1. The van der Waals surface area contributed by atoms with Crippen molar-refractivity contribution in [2.45, 2.75) is 51.7 Å². The topological polar surface area (TPSA) is 38.3 Å². The molecule has 4 fully saturated rings. The van der Waals surface area contributed by atoms with Gasteiger partial charge in [-0.1, -0.05) is 17.7 Å². The zero-order valence-electron chi connectivity index (χ0n) is 15.8. The highest BCUT2D eigenvalue weighted by molar-refractivity contribution is 7.12. The summed E-state index contributed by atoms with van der Waals surface area (Å²) in [7, 11) is 0. The predicted molar refractivity (Wildman–Crippen MR) is 108 cm³/mol. The number of carbonyl (C=O) groups is 1. The lowest BCUT2D eigenvalue weighted by Crippen LogP contribution is -2.55. The summed E-state index contributed by atoms with van der Waals surface area (Å²) in [6.45, 7) is 2.57. The second-order valence-corrected chi connectivity index (χ2v) is 9.76. The van der Waals surface area contributed by atoms with E-state index in [4.69, 9.17) is 4.74 Å². The molecule has 3 nitrogen and oxygen atoms in total. The minimum absolute atomic E-state index is 0.110. The fraction of sp³-hybridized carbons (Fsp3) is 0.522. The molecule has 27 heavy (non-hydrogen) atoms. The van der Waals surface area contributed by atoms with Crippen molar-refractivity contribution in [1.82, 2.24) is 5.32 Å². The van der Waals surface area contributed by atoms with Gasteiger partial charge in [-0.3, -0.25) is 4.79 Å². The number of aryl methyl sites for hydroxylation is 1. The van der Waals surface area contributed by atoms with Crippen molar-refractivity contribution in [2.75, 3.05) is 0 Å². The molecule has 0 aliphatic heterocycles. The molecule has 6 rings (SSSR count). The summed E-state index contributed by atoms with van der Waals surface area (Å²) in [4.78, 5) is 13.6. The van der Waals surface area contributed by atoms with Crippen molar-refractivity contribution in [2.24, 2.45) is 23.7 Å². The highest BCUT2D eigenvalue weighted by Gasteiger charge is 2.48. The standard InChI is InChI=1S/C23H27NO2S/c1-14-2-4-20(5-3-14)26-12-17-11-21(27-13-17)23(25)24-22-18-7-15-6-16(9-18)10-19(22)8-15/h2-5,11,13,15-16,18-19,22H,6-10,12H2,1H3,(H,24,25). The summed E-state index contributed by atoms with van der Waals surface area (Å²) in [6.07, 6.45) is 6.77. The molecule has 0 unspecified atom stereocenters. The molecule has 0 radical (unpaired) electrons. The van der Waals surface area contributed by atoms with Gasteiger partial charge in [0.05, 0.1) is 4.88 Å². The summed E-state index contributed by atoms with van der Waals surface area (Å²) in [5.74, 6) is 4.29. The van der Waals surface area contributed by atoms with E-state index in [0.29, 0.717) is 12.6 Å². The molecule has 1 heterocycles. The number of carbonyl (C=O) groups excluding carboxylic acids is 1. The first-order valence-electron chi connectivity index (χ1n) is 10.2. The Kier molecular flexibility index (Phi) is 4.47. The third-order valence-electron chi connectivity index (χ3n) is 6.83. The molecule has 1 amide bonds. The molecule has 142 valence electrons. The number of thiophene rings is 1. The Morgan fingerprint density at radius 3 is 2.41 bits per heavy atom. The largest absolute Gasteiger partial charge is 0.489 e. The van der Waals surface area contributed by atoms with Gasteiger partial charge in [0.25, 0.3) is 5.91 Å². The van der Waals surface area contributed by atoms with Gasteiger partial charge in [0.15, 0.2) is 0 Å². The van der Waals surface area contributed by atoms with Crippen molar-refractivity contribution >= 4 is 17.2 Å². The summed E-state index contributed by atoms with van der Waals surface area (Å²) < 4.78 is 5.84. The van der Waals surface area contributed by atoms with E-state index in [1.54, 1.807) is 0 Å². The van der Waals surface area contributed by atoms with Crippen LogP contribution in [0, 0.1) is 30.6 Å². The molecule has 0 atom stereocenters. The first kappa shape index (κ1) is 17.3. The van der Waals surface area contributed by atoms with Crippen LogP contribution >= 0.6 is 11.3 Å². The third kappa shape index (κ3) is 3.52. The van der Waals surface area contributed by atoms with Crippen LogP contribution in [0.2, 0.25) is 0 Å². The number of ether oxygens (including phenoxy) is 1. The van der Waals surface area contributed by atoms with Crippen molar-refractivity contribution in [3.63, 3.8) is 0 Å². The van der Waals surface area contributed by atoms with Crippen molar-refractivity contribution in [3.05, 3.63) is 51.7 Å². The van der Waals surface area contributed by atoms with Gasteiger partial charge in [0, 0.05) is 11.6 Å². The molecule has 4 saturated carbocycles. The van der Waals surface area contributed by atoms with Crippen molar-refractivity contribution in [1.29, 1.82) is 0 Å². The predicted octanol–water partition coefficient (Wildman–Crippen LogP) is 5.19. The van der Waals surface area contributed by atoms with Gasteiger partial charge in [0.1, 0.15) is 12.4 Å². The molecule has 1 aromatic carbocycles. The van der Waals surface area contributed by atoms with Crippen LogP contribution in [0.1, 0.15) is 52.9 Å². The minimum atomic E-state index is 0.110. The number of hydrogen-bond donors (Lipinski definition) is 1. The van der Waals surface area contributed by atoms with Crippen LogP contribution in [0.15, 0.2) is 35.7 Å². The van der Waals surface area contributed by atoms with E-state index in [9.17, 15) is 4.79 Å². The SMILES string of the molecule is Cc1ccc(OCc2csc(C(=O)NC3C4CC5CC(C4)CC3C5)c2)cc1. The van der Waals surface area contributed by atoms with Crippen LogP contribution < -0.4 is 10.1 Å². The smallest absolute Gasteiger partial charge is 0.261 e. The van der Waals surface area contributed by atoms with Gasteiger partial charge >= 0.3 is 0 Å². The third-order valence-corrected chi connectivity index (χ3v) is 7.81. The molecule has 4 heteroatoms. The lowest BCUT2D eigenvalue weighted by molar-refractivity contribution is -0.0119. The van der Waals surface area contributed by atoms with Crippen molar-refractivity contribution < 1.29 is 9.53 Å². The Balaban J connectivity index is 1.19. The summed E-state index contributed by atoms with van der Waals surface area (Å²) in [6, 6.07) is 10.5. The molecule has 1 aromatic heterocycles. The van der Waals surface area contributed by atoms with E-state index >= 15 is 0 Å². The number of rotatable bonds is 5. The van der Waals surface area contributed by atoms with Gasteiger partial charge in [-0.2, -0.15) is 0 Å². The summed E-state index contributed by atoms with van der Waals surface area (Å²) in [5.41, 5.74) is 2.29. The number of nitrogens with one attached hydrogen (secondary N) is 1. The van der Waals surface area contributed by atoms with Gasteiger partial charge < -0.3 is 10.1 Å². The minimum Gasteiger partial charge on any atom is -0.489 e. The first-order chi connectivity index (χ1) is 13.1. The lowest BCUT2D eigenvalue weighted by Gasteiger charge is -2.54. The fourth-order valence-electron chi connectivity index (χ4n) is 5.75. The second kappa shape index (κ2) is 6.97. The zero-order valence-corrected chi connectivity index (χ0v) is 16.6. The maximum Gasteiger partial charge on any atom is 0.261 e. The van der Waals surface area contributed by atoms with Crippen LogP contribution in [0.3, 0.4) is 0 Å². The molecular formula is C23H27NO2S. The van der Waals surface area contributed by atoms with E-state index in [2.05, 4.69) is 12.2 Å². The zero-order chi connectivity index (χ0) is 18.4. The molecule has 4 bridgehead atoms. The van der Waals surface area contributed by atoms with E-state index in [0.717, 1.165) is 39.9 Å². The van der Waals surface area contributed by atoms with Gasteiger partial charge in [0.2, 0.25) is 0 Å². The highest BCUT2D eigenvalue weighted by Crippen LogP contribution is 2.53. The second-order valence-electron chi connectivity index (χ2n) is 8.85. The highest BCUT2D eigenvalue weighted by atomic mass is 32.1. The van der Waals surface area contributed by atoms with Gasteiger partial charge in [-0.25, -0.2) is 0 Å². The molecule has 4 aliphatic carbocycles. The lowest BCUT2D eigenvalue weighted by atomic mass is 9.54. The number of benzene rings is 1. The van der Waals surface area contributed by atoms with Gasteiger partial charge in [-0.15, -0.1) is 11.3 Å². The Bertz CT molecular complexity index is 797. The van der Waals surface area contributed by atoms with E-state index in [1.165, 1.54) is 49.0 Å². The molecule has 4 aliphatic rings. The number of hydrogen-bond acceptors (Lipinski definition) is 3. The fourth-order valence-corrected chi connectivity index (χ4v) is 6.55. The van der Waals surface area contributed by atoms with Crippen LogP contribution in [0.5, 0.6) is 5.75 Å². The normalized spacial score (nSPS) is 31.1. The Hall–Kier alpha value is -1.81. The summed E-state index contributed by atoms with van der Waals surface area (Å²) >= 11 is 1.53. The van der Waals surface area contributed by atoms with Crippen LogP contribution in [0.25, 0.3) is 0 Å². The maximum absolute atomic E-state index is 12.8. The first-order valence-corrected chi connectivity index (χ1v) is 11.1. The van der Waals surface area contributed by atoms with E-state index in [1.807, 2.05) is 35.7 Å². The Labute approximate surface area is 165 Å². The molecule has 1 N–H and O–H groups in total. The van der Waals surface area contributed by atoms with E-state index in [-0.39, 0.29) is 5.91 Å². The van der Waals surface area contributed by atoms with Gasteiger partial charge in [-0.05, 0) is 86.3 Å². The average molecular weight is 382 g/mol. The summed E-state index contributed by atoms with van der Waals surface area (Å²) in [5, 5.41) is 5.44. The monoisotopic (exact) mass is 381 g/mol. The van der Waals surface area contributed by atoms with Crippen molar-refractivity contribution in [3.8, 4) is 5.75 Å². The quantitative estimate of drug-likeness (QED) is 0.774. The van der Waals surface area contributed by atoms with E-state index < -0.39 is 0 Å².